The van der Waals surface area contributed by atoms with E-state index in [1.165, 1.54) is 22.8 Å². The standard InChI is InChI=1S/C25H25N7O3S/c1-13(34)21-22(15-8-16-3-4-17(9-15)31(16)20(35)12-33)30-24-18(11-29-32(24)23(21)26)14-2-5-19(28-10-14)25-27-6-7-36-25/h2,5-7,10-11,15-17,33H,3-4,8-9,12,26H2,1H3/t15?,16-,17+. The average Bonchev–Trinajstić information content (AvgIpc) is 3.62. The summed E-state index contributed by atoms with van der Waals surface area (Å²) in [6, 6.07) is 3.92. The zero-order valence-corrected chi connectivity index (χ0v) is 20.5. The molecule has 0 aliphatic carbocycles. The van der Waals surface area contributed by atoms with Crippen LogP contribution in [-0.4, -0.2) is 65.0 Å². The quantitative estimate of drug-likeness (QED) is 0.396. The Hall–Kier alpha value is -3.70. The summed E-state index contributed by atoms with van der Waals surface area (Å²) in [6.45, 7) is 1.01. The third kappa shape index (κ3) is 3.58. The second-order valence-corrected chi connectivity index (χ2v) is 10.3. The highest BCUT2D eigenvalue weighted by atomic mass is 32.1. The molecule has 2 aliphatic heterocycles. The maximum Gasteiger partial charge on any atom is 0.248 e. The Labute approximate surface area is 210 Å². The van der Waals surface area contributed by atoms with Crippen LogP contribution in [0.25, 0.3) is 27.5 Å². The number of ketones is 1. The zero-order valence-electron chi connectivity index (χ0n) is 19.7. The fraction of sp³-hybridized carbons (Fsp3) is 0.360. The number of carbonyl (C=O) groups excluding carboxylic acids is 2. The molecule has 2 aliphatic rings. The number of carbonyl (C=O) groups is 2. The van der Waals surface area contributed by atoms with E-state index in [4.69, 9.17) is 10.7 Å². The van der Waals surface area contributed by atoms with Gasteiger partial charge in [-0.25, -0.2) is 9.97 Å². The molecule has 36 heavy (non-hydrogen) atoms. The number of thiazole rings is 1. The van der Waals surface area contributed by atoms with Gasteiger partial charge in [-0.2, -0.15) is 9.61 Å². The number of amides is 1. The van der Waals surface area contributed by atoms with Crippen LogP contribution in [0, 0.1) is 0 Å². The maximum absolute atomic E-state index is 12.7. The van der Waals surface area contributed by atoms with Crippen molar-refractivity contribution in [1.29, 1.82) is 0 Å². The van der Waals surface area contributed by atoms with Crippen LogP contribution in [0.2, 0.25) is 0 Å². The molecule has 2 fully saturated rings. The molecule has 1 amide bonds. The first-order valence-electron chi connectivity index (χ1n) is 11.9. The first-order valence-corrected chi connectivity index (χ1v) is 12.8. The Morgan fingerprint density at radius 2 is 1.94 bits per heavy atom. The number of aromatic nitrogens is 5. The van der Waals surface area contributed by atoms with Gasteiger partial charge in [0, 0.05) is 46.9 Å². The van der Waals surface area contributed by atoms with E-state index < -0.39 is 6.61 Å². The molecule has 6 heterocycles. The number of aliphatic hydroxyl groups excluding tert-OH is 1. The number of anilines is 1. The Morgan fingerprint density at radius 3 is 2.56 bits per heavy atom. The predicted molar refractivity (Wildman–Crippen MR) is 134 cm³/mol. The summed E-state index contributed by atoms with van der Waals surface area (Å²) >= 11 is 1.53. The monoisotopic (exact) mass is 503 g/mol. The van der Waals surface area contributed by atoms with E-state index in [-0.39, 0.29) is 35.5 Å². The van der Waals surface area contributed by atoms with Crippen LogP contribution in [0.5, 0.6) is 0 Å². The van der Waals surface area contributed by atoms with Gasteiger partial charge in [0.05, 0.1) is 23.1 Å². The Kier molecular flexibility index (Phi) is 5.53. The number of hydrogen-bond donors (Lipinski definition) is 2. The number of rotatable bonds is 5. The molecule has 4 aromatic heterocycles. The van der Waals surface area contributed by atoms with Crippen molar-refractivity contribution in [2.75, 3.05) is 12.3 Å². The van der Waals surface area contributed by atoms with E-state index in [9.17, 15) is 14.7 Å². The van der Waals surface area contributed by atoms with Crippen molar-refractivity contribution in [2.24, 2.45) is 0 Å². The summed E-state index contributed by atoms with van der Waals surface area (Å²) in [5, 5.41) is 16.6. The molecule has 1 unspecified atom stereocenters. The van der Waals surface area contributed by atoms with Crippen LogP contribution in [0.1, 0.15) is 54.6 Å². The van der Waals surface area contributed by atoms with E-state index in [0.29, 0.717) is 29.7 Å². The lowest BCUT2D eigenvalue weighted by Gasteiger charge is -2.39. The molecule has 6 rings (SSSR count). The van der Waals surface area contributed by atoms with Crippen molar-refractivity contribution in [3.05, 3.63) is 47.4 Å². The number of fused-ring (bicyclic) bond motifs is 3. The molecular weight excluding hydrogens is 478 g/mol. The van der Waals surface area contributed by atoms with Crippen LogP contribution in [0.3, 0.4) is 0 Å². The molecule has 0 radical (unpaired) electrons. The van der Waals surface area contributed by atoms with Crippen LogP contribution in [0.15, 0.2) is 36.1 Å². The normalized spacial score (nSPS) is 21.3. The number of hydrogen-bond acceptors (Lipinski definition) is 9. The van der Waals surface area contributed by atoms with Crippen molar-refractivity contribution in [3.8, 4) is 21.8 Å². The highest BCUT2D eigenvalue weighted by molar-refractivity contribution is 7.13. The van der Waals surface area contributed by atoms with E-state index in [2.05, 4.69) is 15.1 Å². The van der Waals surface area contributed by atoms with Crippen molar-refractivity contribution >= 4 is 34.5 Å². The molecule has 2 saturated heterocycles. The lowest BCUT2D eigenvalue weighted by molar-refractivity contribution is -0.138. The molecule has 11 heteroatoms. The largest absolute Gasteiger partial charge is 0.387 e. The lowest BCUT2D eigenvalue weighted by Crippen LogP contribution is -2.47. The van der Waals surface area contributed by atoms with Gasteiger partial charge in [-0.15, -0.1) is 11.3 Å². The highest BCUT2D eigenvalue weighted by Crippen LogP contribution is 2.44. The molecule has 10 nitrogen and oxygen atoms in total. The summed E-state index contributed by atoms with van der Waals surface area (Å²) < 4.78 is 1.52. The predicted octanol–water partition coefficient (Wildman–Crippen LogP) is 2.93. The zero-order chi connectivity index (χ0) is 25.0. The second kappa shape index (κ2) is 8.75. The van der Waals surface area contributed by atoms with Crippen LogP contribution >= 0.6 is 11.3 Å². The van der Waals surface area contributed by atoms with E-state index in [1.54, 1.807) is 18.6 Å². The number of nitrogen functional groups attached to an aromatic ring is 1. The van der Waals surface area contributed by atoms with Crippen molar-refractivity contribution < 1.29 is 14.7 Å². The minimum atomic E-state index is -0.484. The van der Waals surface area contributed by atoms with Gasteiger partial charge in [0.2, 0.25) is 5.91 Å². The molecular formula is C25H25N7O3S. The van der Waals surface area contributed by atoms with Crippen molar-refractivity contribution in [2.45, 2.75) is 50.6 Å². The molecule has 0 saturated carbocycles. The van der Waals surface area contributed by atoms with Crippen molar-refractivity contribution in [1.82, 2.24) is 29.5 Å². The minimum Gasteiger partial charge on any atom is -0.387 e. The smallest absolute Gasteiger partial charge is 0.248 e. The Morgan fingerprint density at radius 1 is 1.17 bits per heavy atom. The third-order valence-corrected chi connectivity index (χ3v) is 8.13. The number of pyridine rings is 1. The van der Waals surface area contributed by atoms with E-state index >= 15 is 0 Å². The van der Waals surface area contributed by atoms with Gasteiger partial charge in [-0.1, -0.05) is 6.07 Å². The number of aliphatic hydroxyl groups is 1. The first kappa shape index (κ1) is 22.7. The van der Waals surface area contributed by atoms with Crippen LogP contribution < -0.4 is 5.73 Å². The summed E-state index contributed by atoms with van der Waals surface area (Å²) in [5.74, 6) is -0.154. The molecule has 2 bridgehead atoms. The molecule has 0 spiro atoms. The SMILES string of the molecule is CC(=O)c1c(C2C[C@H]3CC[C@@H](C2)N3C(=O)CO)nc2c(-c3ccc(-c4nccs4)nc3)cnn2c1N. The molecule has 184 valence electrons. The Bertz CT molecular complexity index is 1450. The number of nitrogens with zero attached hydrogens (tertiary/aromatic N) is 6. The summed E-state index contributed by atoms with van der Waals surface area (Å²) in [5.41, 5.74) is 10.5. The van der Waals surface area contributed by atoms with Gasteiger partial charge in [0.1, 0.15) is 17.4 Å². The fourth-order valence-corrected chi connectivity index (χ4v) is 6.43. The maximum atomic E-state index is 12.7. The van der Waals surface area contributed by atoms with Crippen LogP contribution in [0.4, 0.5) is 5.82 Å². The summed E-state index contributed by atoms with van der Waals surface area (Å²) in [7, 11) is 0. The molecule has 4 aromatic rings. The van der Waals surface area contributed by atoms with E-state index in [1.807, 2.05) is 22.4 Å². The average molecular weight is 504 g/mol. The lowest BCUT2D eigenvalue weighted by atomic mass is 9.85. The number of Topliss-reactive ketones (excluding diaryl/α,β-unsaturated/α-hetero) is 1. The van der Waals surface area contributed by atoms with Gasteiger partial charge in [0.25, 0.3) is 0 Å². The van der Waals surface area contributed by atoms with Gasteiger partial charge in [-0.05, 0) is 38.7 Å². The number of nitrogens with two attached hydrogens (primary N) is 1. The van der Waals surface area contributed by atoms with Gasteiger partial charge in [0.15, 0.2) is 11.4 Å². The van der Waals surface area contributed by atoms with Gasteiger partial charge >= 0.3 is 0 Å². The first-order chi connectivity index (χ1) is 17.5. The van der Waals surface area contributed by atoms with Gasteiger partial charge in [-0.3, -0.25) is 14.6 Å². The molecule has 3 atom stereocenters. The fourth-order valence-electron chi connectivity index (χ4n) is 5.81. The highest BCUT2D eigenvalue weighted by Gasteiger charge is 2.44. The molecule has 3 N–H and O–H groups in total. The second-order valence-electron chi connectivity index (χ2n) is 9.39. The van der Waals surface area contributed by atoms with E-state index in [0.717, 1.165) is 34.7 Å². The van der Waals surface area contributed by atoms with Crippen molar-refractivity contribution in [3.63, 3.8) is 0 Å². The minimum absolute atomic E-state index is 0.0235. The summed E-state index contributed by atoms with van der Waals surface area (Å²) in [4.78, 5) is 40.7. The summed E-state index contributed by atoms with van der Waals surface area (Å²) in [6.07, 6.45) is 8.33. The third-order valence-electron chi connectivity index (χ3n) is 7.33. The Balaban J connectivity index is 1.42. The van der Waals surface area contributed by atoms with Gasteiger partial charge < -0.3 is 15.7 Å². The topological polar surface area (TPSA) is 140 Å². The number of piperidine rings is 1. The van der Waals surface area contributed by atoms with Crippen LogP contribution in [-0.2, 0) is 4.79 Å². The molecule has 0 aromatic carbocycles.